The molecule has 2 heterocycles. The summed E-state index contributed by atoms with van der Waals surface area (Å²) >= 11 is 0. The second kappa shape index (κ2) is 8.85. The summed E-state index contributed by atoms with van der Waals surface area (Å²) in [5, 5.41) is 0.701. The van der Waals surface area contributed by atoms with Crippen LogP contribution in [0.25, 0.3) is 11.0 Å². The molecule has 32 heavy (non-hydrogen) atoms. The number of benzene rings is 2. The first-order valence-electron chi connectivity index (χ1n) is 10.2. The van der Waals surface area contributed by atoms with E-state index in [4.69, 9.17) is 13.9 Å². The highest BCUT2D eigenvalue weighted by molar-refractivity contribution is 7.89. The number of aryl methyl sites for hydroxylation is 2. The van der Waals surface area contributed by atoms with Gasteiger partial charge in [-0.2, -0.15) is 4.31 Å². The van der Waals surface area contributed by atoms with E-state index in [1.807, 2.05) is 26.0 Å². The van der Waals surface area contributed by atoms with Crippen molar-refractivity contribution in [1.29, 1.82) is 0 Å². The van der Waals surface area contributed by atoms with Gasteiger partial charge < -0.3 is 13.9 Å². The monoisotopic (exact) mass is 457 g/mol. The van der Waals surface area contributed by atoms with Gasteiger partial charge in [0.25, 0.3) is 0 Å². The van der Waals surface area contributed by atoms with Gasteiger partial charge in [0.05, 0.1) is 23.7 Å². The molecule has 0 saturated carbocycles. The zero-order chi connectivity index (χ0) is 22.9. The van der Waals surface area contributed by atoms with Crippen molar-refractivity contribution < 1.29 is 27.1 Å². The summed E-state index contributed by atoms with van der Waals surface area (Å²) < 4.78 is 42.7. The maximum Gasteiger partial charge on any atom is 0.338 e. The number of ether oxygens (including phenoxy) is 2. The lowest BCUT2D eigenvalue weighted by atomic mass is 10.0. The maximum atomic E-state index is 12.7. The number of hydrogen-bond acceptors (Lipinski definition) is 7. The lowest BCUT2D eigenvalue weighted by Crippen LogP contribution is -2.40. The average molecular weight is 458 g/mol. The van der Waals surface area contributed by atoms with Crippen LogP contribution in [0.1, 0.15) is 27.0 Å². The van der Waals surface area contributed by atoms with E-state index in [1.54, 1.807) is 0 Å². The fourth-order valence-electron chi connectivity index (χ4n) is 3.57. The Morgan fingerprint density at radius 2 is 1.75 bits per heavy atom. The van der Waals surface area contributed by atoms with Crippen LogP contribution in [0.15, 0.2) is 56.6 Å². The van der Waals surface area contributed by atoms with E-state index in [-0.39, 0.29) is 17.1 Å². The minimum atomic E-state index is -3.64. The first-order valence-corrected chi connectivity index (χ1v) is 11.6. The molecule has 0 N–H and O–H groups in total. The zero-order valence-electron chi connectivity index (χ0n) is 17.8. The number of fused-ring (bicyclic) bond motifs is 1. The predicted molar refractivity (Wildman–Crippen MR) is 117 cm³/mol. The summed E-state index contributed by atoms with van der Waals surface area (Å²) in [6.45, 7) is 4.98. The molecular formula is C23H23NO7S. The first-order chi connectivity index (χ1) is 15.3. The Bertz CT molecular complexity index is 1320. The summed E-state index contributed by atoms with van der Waals surface area (Å²) in [5.41, 5.74) is 2.55. The molecule has 2 aromatic carbocycles. The van der Waals surface area contributed by atoms with Crippen LogP contribution in [0.5, 0.6) is 0 Å². The van der Waals surface area contributed by atoms with Crippen LogP contribution in [0.2, 0.25) is 0 Å². The van der Waals surface area contributed by atoms with Crippen LogP contribution in [0, 0.1) is 13.8 Å². The fourth-order valence-corrected chi connectivity index (χ4v) is 4.98. The highest BCUT2D eigenvalue weighted by atomic mass is 32.2. The molecule has 168 valence electrons. The van der Waals surface area contributed by atoms with Gasteiger partial charge in [-0.25, -0.2) is 18.0 Å². The first kappa shape index (κ1) is 22.2. The van der Waals surface area contributed by atoms with E-state index in [1.165, 1.54) is 34.6 Å². The highest BCUT2D eigenvalue weighted by Crippen LogP contribution is 2.24. The summed E-state index contributed by atoms with van der Waals surface area (Å²) in [5.74, 6) is -0.620. The van der Waals surface area contributed by atoms with Gasteiger partial charge in [0.2, 0.25) is 10.0 Å². The van der Waals surface area contributed by atoms with Crippen molar-refractivity contribution in [2.75, 3.05) is 26.3 Å². The minimum Gasteiger partial charge on any atom is -0.457 e. The molecule has 8 nitrogen and oxygen atoms in total. The fraction of sp³-hybridized carbons (Fsp3) is 0.304. The van der Waals surface area contributed by atoms with Crippen molar-refractivity contribution >= 4 is 27.0 Å². The summed E-state index contributed by atoms with van der Waals surface area (Å²) in [6.07, 6.45) is 0. The molecule has 0 amide bonds. The van der Waals surface area contributed by atoms with Crippen LogP contribution < -0.4 is 5.63 Å². The molecule has 0 radical (unpaired) electrons. The second-order valence-electron chi connectivity index (χ2n) is 7.59. The number of carbonyl (C=O) groups is 1. The van der Waals surface area contributed by atoms with Gasteiger partial charge in [-0.3, -0.25) is 0 Å². The summed E-state index contributed by atoms with van der Waals surface area (Å²) in [4.78, 5) is 24.6. The number of hydrogen-bond donors (Lipinski definition) is 0. The molecule has 1 aliphatic rings. The van der Waals surface area contributed by atoms with Crippen LogP contribution in [0.3, 0.4) is 0 Å². The SMILES string of the molecule is Cc1ccc2c(COC(=O)c3ccc(S(=O)(=O)N4CCOCC4)cc3)cc(=O)oc2c1C. The Morgan fingerprint density at radius 1 is 1.06 bits per heavy atom. The largest absolute Gasteiger partial charge is 0.457 e. The van der Waals surface area contributed by atoms with Crippen molar-refractivity contribution in [3.8, 4) is 0 Å². The summed E-state index contributed by atoms with van der Waals surface area (Å²) in [6, 6.07) is 10.7. The number of morpholine rings is 1. The highest BCUT2D eigenvalue weighted by Gasteiger charge is 2.26. The van der Waals surface area contributed by atoms with Gasteiger partial charge >= 0.3 is 11.6 Å². The van der Waals surface area contributed by atoms with E-state index in [0.717, 1.165) is 11.1 Å². The third-order valence-corrected chi connectivity index (χ3v) is 7.49. The third-order valence-electron chi connectivity index (χ3n) is 5.57. The number of rotatable bonds is 5. The quantitative estimate of drug-likeness (QED) is 0.429. The van der Waals surface area contributed by atoms with Crippen molar-refractivity contribution in [1.82, 2.24) is 4.31 Å². The lowest BCUT2D eigenvalue weighted by Gasteiger charge is -2.26. The number of carbonyl (C=O) groups excluding carboxylic acids is 1. The van der Waals surface area contributed by atoms with Gasteiger partial charge in [-0.1, -0.05) is 12.1 Å². The van der Waals surface area contributed by atoms with Gasteiger partial charge in [0, 0.05) is 30.1 Å². The van der Waals surface area contributed by atoms with Crippen molar-refractivity contribution in [2.24, 2.45) is 0 Å². The Labute approximate surface area is 185 Å². The second-order valence-corrected chi connectivity index (χ2v) is 9.53. The van der Waals surface area contributed by atoms with Crippen molar-refractivity contribution in [2.45, 2.75) is 25.3 Å². The van der Waals surface area contributed by atoms with E-state index in [9.17, 15) is 18.0 Å². The van der Waals surface area contributed by atoms with Gasteiger partial charge in [0.1, 0.15) is 12.2 Å². The van der Waals surface area contributed by atoms with E-state index < -0.39 is 21.6 Å². The Hall–Kier alpha value is -3.01. The molecule has 1 fully saturated rings. The molecule has 9 heteroatoms. The van der Waals surface area contributed by atoms with E-state index in [0.29, 0.717) is 42.8 Å². The maximum absolute atomic E-state index is 12.7. The number of nitrogens with zero attached hydrogens (tertiary/aromatic N) is 1. The summed E-state index contributed by atoms with van der Waals surface area (Å²) in [7, 11) is -3.64. The van der Waals surface area contributed by atoms with Crippen LogP contribution in [-0.4, -0.2) is 45.0 Å². The Balaban J connectivity index is 1.51. The topological polar surface area (TPSA) is 103 Å². The number of sulfonamides is 1. The molecule has 0 aliphatic carbocycles. The van der Waals surface area contributed by atoms with E-state index >= 15 is 0 Å². The molecule has 1 aliphatic heterocycles. The van der Waals surface area contributed by atoms with Crippen molar-refractivity contribution in [3.63, 3.8) is 0 Å². The number of esters is 1. The van der Waals surface area contributed by atoms with Gasteiger partial charge in [-0.05, 0) is 49.2 Å². The van der Waals surface area contributed by atoms with Crippen LogP contribution in [0.4, 0.5) is 0 Å². The Morgan fingerprint density at radius 3 is 2.44 bits per heavy atom. The lowest BCUT2D eigenvalue weighted by molar-refractivity contribution is 0.0473. The molecule has 0 spiro atoms. The molecule has 1 aromatic heterocycles. The molecule has 3 aromatic rings. The predicted octanol–water partition coefficient (Wildman–Crippen LogP) is 2.79. The molecule has 4 rings (SSSR count). The minimum absolute atomic E-state index is 0.105. The van der Waals surface area contributed by atoms with Crippen LogP contribution >= 0.6 is 0 Å². The zero-order valence-corrected chi connectivity index (χ0v) is 18.6. The molecule has 0 unspecified atom stereocenters. The molecule has 0 bridgehead atoms. The van der Waals surface area contributed by atoms with Gasteiger partial charge in [-0.15, -0.1) is 0 Å². The standard InChI is InChI=1S/C23H23NO7S/c1-15-3-8-20-18(13-21(25)31-22(20)16(15)2)14-30-23(26)17-4-6-19(7-5-17)32(27,28)24-9-11-29-12-10-24/h3-8,13H,9-12,14H2,1-2H3. The van der Waals surface area contributed by atoms with E-state index in [2.05, 4.69) is 0 Å². The smallest absolute Gasteiger partial charge is 0.338 e. The van der Waals surface area contributed by atoms with Gasteiger partial charge in [0.15, 0.2) is 0 Å². The van der Waals surface area contributed by atoms with Crippen LogP contribution in [-0.2, 0) is 26.1 Å². The molecule has 0 atom stereocenters. The molecule has 1 saturated heterocycles. The Kier molecular flexibility index (Phi) is 6.14. The van der Waals surface area contributed by atoms with Crippen molar-refractivity contribution in [3.05, 3.63) is 75.1 Å². The molecular weight excluding hydrogens is 434 g/mol. The normalized spacial score (nSPS) is 15.1. The third kappa shape index (κ3) is 4.32. The average Bonchev–Trinajstić information content (AvgIpc) is 2.80.